The van der Waals surface area contributed by atoms with Crippen molar-refractivity contribution in [3.8, 4) is 11.5 Å². The van der Waals surface area contributed by atoms with Crippen molar-refractivity contribution in [3.05, 3.63) is 117 Å². The number of hydrogen-bond donors (Lipinski definition) is 0. The molecule has 1 heterocycles. The van der Waals surface area contributed by atoms with E-state index in [0.717, 1.165) is 33.9 Å². The lowest BCUT2D eigenvalue weighted by molar-refractivity contribution is 0.132. The highest BCUT2D eigenvalue weighted by Crippen LogP contribution is 2.32. The monoisotopic (exact) mass is 469 g/mol. The average Bonchev–Trinajstić information content (AvgIpc) is 3.20. The number of ether oxygens (including phenoxy) is 3. The summed E-state index contributed by atoms with van der Waals surface area (Å²) >= 11 is 0. The first-order chi connectivity index (χ1) is 17.1. The molecule has 4 aromatic rings. The zero-order valence-corrected chi connectivity index (χ0v) is 20.0. The van der Waals surface area contributed by atoms with Crippen molar-refractivity contribution in [1.29, 1.82) is 0 Å². The van der Waals surface area contributed by atoms with Crippen molar-refractivity contribution in [1.82, 2.24) is 9.55 Å². The van der Waals surface area contributed by atoms with Gasteiger partial charge in [0.05, 0.1) is 12.8 Å². The van der Waals surface area contributed by atoms with Crippen molar-refractivity contribution in [2.45, 2.75) is 19.1 Å². The van der Waals surface area contributed by atoms with Crippen LogP contribution in [-0.2, 0) is 24.8 Å². The molecule has 178 valence electrons. The van der Waals surface area contributed by atoms with Crippen molar-refractivity contribution in [3.63, 3.8) is 0 Å². The molecule has 0 saturated carbocycles. The van der Waals surface area contributed by atoms with E-state index in [-0.39, 0.29) is 5.95 Å². The molecule has 0 fully saturated rings. The quantitative estimate of drug-likeness (QED) is 0.155. The molecule has 1 unspecified atom stereocenters. The topological polar surface area (TPSA) is 94.3 Å². The van der Waals surface area contributed by atoms with E-state index in [1.54, 1.807) is 14.2 Å². The van der Waals surface area contributed by atoms with Gasteiger partial charge in [-0.15, -0.1) is 0 Å². The van der Waals surface area contributed by atoms with E-state index in [2.05, 4.69) is 15.0 Å². The second kappa shape index (κ2) is 11.2. The third-order valence-corrected chi connectivity index (χ3v) is 5.80. The summed E-state index contributed by atoms with van der Waals surface area (Å²) in [5.41, 5.74) is 13.7. The smallest absolute Gasteiger partial charge is 0.197 e. The highest BCUT2D eigenvalue weighted by molar-refractivity contribution is 5.40. The van der Waals surface area contributed by atoms with Crippen LogP contribution in [0.4, 0.5) is 5.95 Å². The second-order valence-electron chi connectivity index (χ2n) is 7.98. The number of methoxy groups -OCH3 is 2. The maximum absolute atomic E-state index is 9.01. The maximum atomic E-state index is 9.01. The molecule has 0 bridgehead atoms. The normalized spacial score (nSPS) is 11.5. The van der Waals surface area contributed by atoms with E-state index in [9.17, 15) is 0 Å². The van der Waals surface area contributed by atoms with E-state index in [1.807, 2.05) is 90.5 Å². The van der Waals surface area contributed by atoms with Crippen molar-refractivity contribution >= 4 is 5.95 Å². The van der Waals surface area contributed by atoms with Crippen molar-refractivity contribution < 1.29 is 14.2 Å². The fourth-order valence-corrected chi connectivity index (χ4v) is 3.91. The summed E-state index contributed by atoms with van der Waals surface area (Å²) in [7, 11) is 5.11. The van der Waals surface area contributed by atoms with Crippen LogP contribution in [0.3, 0.4) is 0 Å². The predicted molar refractivity (Wildman–Crippen MR) is 134 cm³/mol. The Morgan fingerprint density at radius 3 is 2.23 bits per heavy atom. The maximum Gasteiger partial charge on any atom is 0.197 e. The van der Waals surface area contributed by atoms with Crippen LogP contribution in [0.1, 0.15) is 34.2 Å². The van der Waals surface area contributed by atoms with Crippen LogP contribution in [0.25, 0.3) is 10.4 Å². The first-order valence-corrected chi connectivity index (χ1v) is 11.2. The van der Waals surface area contributed by atoms with Crippen LogP contribution < -0.4 is 9.47 Å². The SMILES string of the molecule is COc1ccc(C(OC)c2nc(N=[N+]=[N-])n(C)c2Cc2ccc(OCc3ccccc3)cc2)cc1. The molecule has 0 aliphatic carbocycles. The average molecular weight is 470 g/mol. The van der Waals surface area contributed by atoms with E-state index in [1.165, 1.54) is 0 Å². The van der Waals surface area contributed by atoms with Gasteiger partial charge in [-0.1, -0.05) is 54.6 Å². The number of rotatable bonds is 10. The van der Waals surface area contributed by atoms with Gasteiger partial charge in [0.15, 0.2) is 5.95 Å². The molecule has 0 radical (unpaired) electrons. The molecule has 8 nitrogen and oxygen atoms in total. The highest BCUT2D eigenvalue weighted by atomic mass is 16.5. The summed E-state index contributed by atoms with van der Waals surface area (Å²) < 4.78 is 18.8. The molecule has 0 aliphatic heterocycles. The van der Waals surface area contributed by atoms with Crippen LogP contribution in [0.15, 0.2) is 84.0 Å². The number of hydrogen-bond acceptors (Lipinski definition) is 5. The van der Waals surface area contributed by atoms with Gasteiger partial charge in [0, 0.05) is 31.2 Å². The Balaban J connectivity index is 1.59. The van der Waals surface area contributed by atoms with Gasteiger partial charge in [-0.2, -0.15) is 0 Å². The molecular weight excluding hydrogens is 442 g/mol. The molecule has 0 amide bonds. The van der Waals surface area contributed by atoms with E-state index < -0.39 is 6.10 Å². The molecule has 3 aromatic carbocycles. The number of azide groups is 1. The fourth-order valence-electron chi connectivity index (χ4n) is 3.91. The molecule has 4 rings (SSSR count). The molecule has 0 saturated heterocycles. The Morgan fingerprint density at radius 2 is 1.60 bits per heavy atom. The van der Waals surface area contributed by atoms with Gasteiger partial charge in [0.2, 0.25) is 0 Å². The summed E-state index contributed by atoms with van der Waals surface area (Å²) in [6, 6.07) is 25.7. The molecule has 1 aromatic heterocycles. The van der Waals surface area contributed by atoms with Crippen molar-refractivity contribution in [2.75, 3.05) is 14.2 Å². The largest absolute Gasteiger partial charge is 0.497 e. The van der Waals surface area contributed by atoms with E-state index in [4.69, 9.17) is 19.7 Å². The van der Waals surface area contributed by atoms with Crippen molar-refractivity contribution in [2.24, 2.45) is 12.2 Å². The van der Waals surface area contributed by atoms with Gasteiger partial charge in [0.25, 0.3) is 0 Å². The Kier molecular flexibility index (Phi) is 7.67. The Hall–Kier alpha value is -4.26. The third kappa shape index (κ3) is 5.63. The van der Waals surface area contributed by atoms with Crippen LogP contribution in [0, 0.1) is 0 Å². The van der Waals surface area contributed by atoms with Crippen LogP contribution >= 0.6 is 0 Å². The number of aromatic nitrogens is 2. The second-order valence-corrected chi connectivity index (χ2v) is 7.98. The van der Waals surface area contributed by atoms with Gasteiger partial charge in [0.1, 0.15) is 24.2 Å². The van der Waals surface area contributed by atoms with E-state index >= 15 is 0 Å². The number of nitrogens with zero attached hydrogens (tertiary/aromatic N) is 5. The lowest BCUT2D eigenvalue weighted by atomic mass is 10.0. The molecule has 35 heavy (non-hydrogen) atoms. The first-order valence-electron chi connectivity index (χ1n) is 11.2. The third-order valence-electron chi connectivity index (χ3n) is 5.80. The van der Waals surface area contributed by atoms with Crippen LogP contribution in [0.5, 0.6) is 11.5 Å². The summed E-state index contributed by atoms with van der Waals surface area (Å²) in [6.07, 6.45) is 0.146. The summed E-state index contributed by atoms with van der Waals surface area (Å²) in [5.74, 6) is 1.84. The zero-order valence-electron chi connectivity index (χ0n) is 20.0. The Labute approximate surface area is 204 Å². The lowest BCUT2D eigenvalue weighted by Crippen LogP contribution is -2.09. The fraction of sp³-hybridized carbons (Fsp3) is 0.222. The minimum atomic E-state index is -0.432. The van der Waals surface area contributed by atoms with Crippen LogP contribution in [-0.4, -0.2) is 23.8 Å². The first kappa shape index (κ1) is 23.9. The lowest BCUT2D eigenvalue weighted by Gasteiger charge is -2.17. The van der Waals surface area contributed by atoms with Gasteiger partial charge in [-0.3, -0.25) is 0 Å². The highest BCUT2D eigenvalue weighted by Gasteiger charge is 2.24. The van der Waals surface area contributed by atoms with E-state index in [0.29, 0.717) is 18.7 Å². The molecule has 0 spiro atoms. The van der Waals surface area contributed by atoms with Gasteiger partial charge in [-0.25, -0.2) is 4.98 Å². The molecule has 0 N–H and O–H groups in total. The van der Waals surface area contributed by atoms with Gasteiger partial charge >= 0.3 is 0 Å². The predicted octanol–water partition coefficient (Wildman–Crippen LogP) is 6.28. The minimum absolute atomic E-state index is 0.288. The Bertz CT molecular complexity index is 1300. The summed E-state index contributed by atoms with van der Waals surface area (Å²) in [4.78, 5) is 7.56. The minimum Gasteiger partial charge on any atom is -0.497 e. The number of imidazole rings is 1. The molecule has 8 heteroatoms. The summed E-state index contributed by atoms with van der Waals surface area (Å²) in [5, 5.41) is 3.77. The van der Waals surface area contributed by atoms with Gasteiger partial charge in [-0.05, 0) is 51.6 Å². The number of benzene rings is 3. The summed E-state index contributed by atoms with van der Waals surface area (Å²) in [6.45, 7) is 0.513. The van der Waals surface area contributed by atoms with Crippen LogP contribution in [0.2, 0.25) is 0 Å². The molecule has 0 aliphatic rings. The molecule has 1 atom stereocenters. The Morgan fingerprint density at radius 1 is 0.914 bits per heavy atom. The standard InChI is InChI=1S/C27H27N5O3/c1-32-24(17-19-9-13-23(14-10-19)35-18-20-7-5-4-6-8-20)25(29-27(32)30-31-28)26(34-3)21-11-15-22(33-2)16-12-21/h4-16,26H,17-18H2,1-3H3. The van der Waals surface area contributed by atoms with Gasteiger partial charge < -0.3 is 18.8 Å². The molecular formula is C27H27N5O3. The zero-order chi connectivity index (χ0) is 24.6.